The van der Waals surface area contributed by atoms with E-state index >= 15 is 0 Å². The third-order valence-corrected chi connectivity index (χ3v) is 5.73. The first-order chi connectivity index (χ1) is 16.4. The van der Waals surface area contributed by atoms with Gasteiger partial charge in [-0.05, 0) is 18.2 Å². The van der Waals surface area contributed by atoms with E-state index in [4.69, 9.17) is 10.5 Å². The summed E-state index contributed by atoms with van der Waals surface area (Å²) in [7, 11) is 3.05. The summed E-state index contributed by atoms with van der Waals surface area (Å²) >= 11 is 0. The Balaban J connectivity index is 1.53. The van der Waals surface area contributed by atoms with E-state index in [1.54, 1.807) is 19.3 Å². The van der Waals surface area contributed by atoms with Crippen LogP contribution in [-0.2, 0) is 7.05 Å². The van der Waals surface area contributed by atoms with Crippen molar-refractivity contribution < 1.29 is 18.3 Å². The Morgan fingerprint density at radius 1 is 1.24 bits per heavy atom. The van der Waals surface area contributed by atoms with Gasteiger partial charge in [0.1, 0.15) is 22.8 Å². The fourth-order valence-corrected chi connectivity index (χ4v) is 4.12. The van der Waals surface area contributed by atoms with E-state index in [9.17, 15) is 13.6 Å². The minimum atomic E-state index is -0.604. The monoisotopic (exact) mass is 465 g/mol. The molecule has 2 aromatic heterocycles. The van der Waals surface area contributed by atoms with E-state index < -0.39 is 17.5 Å². The highest BCUT2D eigenvalue weighted by molar-refractivity contribution is 6.09. The Labute approximate surface area is 193 Å². The van der Waals surface area contributed by atoms with Crippen molar-refractivity contribution in [2.45, 2.75) is 6.04 Å². The van der Waals surface area contributed by atoms with Crippen molar-refractivity contribution in [1.82, 2.24) is 19.7 Å². The molecular weight excluding hydrogens is 444 g/mol. The van der Waals surface area contributed by atoms with Crippen LogP contribution >= 0.6 is 0 Å². The van der Waals surface area contributed by atoms with Crippen LogP contribution in [0.25, 0.3) is 22.3 Å². The number of ether oxygens (including phenoxy) is 1. The standard InChI is InChI=1S/C23H21F2N7O2/c1-31-20-13(9-28-31)21(32-10-12(26)11-32)17(8-15(20)25)30-23(33)16-6-7-27-22(29-16)19-14(24)4-3-5-18(19)34-2/h3-9,12H,10-11,26H2,1-2H3,(H,30,33). The summed E-state index contributed by atoms with van der Waals surface area (Å²) in [6.07, 6.45) is 2.91. The third-order valence-electron chi connectivity index (χ3n) is 5.73. The molecule has 5 rings (SSSR count). The second-order valence-electron chi connectivity index (χ2n) is 7.99. The number of benzene rings is 2. The van der Waals surface area contributed by atoms with Crippen molar-refractivity contribution in [1.29, 1.82) is 0 Å². The van der Waals surface area contributed by atoms with Gasteiger partial charge in [-0.25, -0.2) is 18.7 Å². The molecule has 1 amide bonds. The first-order valence-corrected chi connectivity index (χ1v) is 10.5. The lowest BCUT2D eigenvalue weighted by Crippen LogP contribution is -2.56. The van der Waals surface area contributed by atoms with Gasteiger partial charge in [0.05, 0.1) is 30.2 Å². The van der Waals surface area contributed by atoms with Gasteiger partial charge < -0.3 is 20.7 Å². The van der Waals surface area contributed by atoms with E-state index in [0.29, 0.717) is 29.7 Å². The molecule has 4 aromatic rings. The minimum absolute atomic E-state index is 0.00886. The van der Waals surface area contributed by atoms with Gasteiger partial charge in [-0.1, -0.05) is 6.07 Å². The lowest BCUT2D eigenvalue weighted by molar-refractivity contribution is 0.102. The second-order valence-corrected chi connectivity index (χ2v) is 7.99. The Bertz CT molecular complexity index is 1420. The molecular formula is C23H21F2N7O2. The van der Waals surface area contributed by atoms with Gasteiger partial charge in [-0.2, -0.15) is 5.10 Å². The van der Waals surface area contributed by atoms with Crippen LogP contribution < -0.4 is 20.7 Å². The number of hydrogen-bond acceptors (Lipinski definition) is 7. The number of methoxy groups -OCH3 is 1. The summed E-state index contributed by atoms with van der Waals surface area (Å²) in [4.78, 5) is 23.4. The number of aryl methyl sites for hydroxylation is 1. The molecule has 3 heterocycles. The number of carbonyl (C=O) groups excluding carboxylic acids is 1. The Morgan fingerprint density at radius 2 is 2.03 bits per heavy atom. The molecule has 174 valence electrons. The van der Waals surface area contributed by atoms with Crippen LogP contribution in [0.3, 0.4) is 0 Å². The lowest BCUT2D eigenvalue weighted by atomic mass is 10.0. The summed E-state index contributed by atoms with van der Waals surface area (Å²) in [6, 6.07) is 6.96. The molecule has 0 bridgehead atoms. The van der Waals surface area contributed by atoms with Gasteiger partial charge in [0.2, 0.25) is 0 Å². The Kier molecular flexibility index (Phi) is 5.33. The van der Waals surface area contributed by atoms with Gasteiger partial charge in [-0.3, -0.25) is 9.48 Å². The van der Waals surface area contributed by atoms with E-state index in [2.05, 4.69) is 20.4 Å². The quantitative estimate of drug-likeness (QED) is 0.466. The number of fused-ring (bicyclic) bond motifs is 1. The molecule has 11 heteroatoms. The molecule has 0 unspecified atom stereocenters. The van der Waals surface area contributed by atoms with Crippen LogP contribution in [-0.4, -0.2) is 51.9 Å². The number of halogens is 2. The van der Waals surface area contributed by atoms with Crippen molar-refractivity contribution >= 4 is 28.2 Å². The van der Waals surface area contributed by atoms with E-state index in [1.165, 1.54) is 42.3 Å². The molecule has 2 aromatic carbocycles. The highest BCUT2D eigenvalue weighted by Gasteiger charge is 2.30. The molecule has 0 aliphatic carbocycles. The molecule has 1 saturated heterocycles. The van der Waals surface area contributed by atoms with Crippen LogP contribution in [0.1, 0.15) is 10.5 Å². The topological polar surface area (TPSA) is 111 Å². The number of aromatic nitrogens is 4. The van der Waals surface area contributed by atoms with Gasteiger partial charge >= 0.3 is 0 Å². The molecule has 1 fully saturated rings. The molecule has 1 aliphatic heterocycles. The zero-order valence-corrected chi connectivity index (χ0v) is 18.4. The molecule has 0 atom stereocenters. The average molecular weight is 465 g/mol. The zero-order valence-electron chi connectivity index (χ0n) is 18.4. The number of nitrogens with one attached hydrogen (secondary N) is 1. The van der Waals surface area contributed by atoms with Crippen molar-refractivity contribution in [2.24, 2.45) is 12.8 Å². The summed E-state index contributed by atoms with van der Waals surface area (Å²) in [5, 5.41) is 7.46. The van der Waals surface area contributed by atoms with Crippen LogP contribution in [0, 0.1) is 11.6 Å². The van der Waals surface area contributed by atoms with Crippen molar-refractivity contribution in [3.63, 3.8) is 0 Å². The maximum absolute atomic E-state index is 14.9. The molecule has 9 nitrogen and oxygen atoms in total. The first kappa shape index (κ1) is 21.7. The zero-order chi connectivity index (χ0) is 24.0. The molecule has 0 radical (unpaired) electrons. The van der Waals surface area contributed by atoms with Crippen LogP contribution in [0.2, 0.25) is 0 Å². The van der Waals surface area contributed by atoms with Crippen molar-refractivity contribution in [3.8, 4) is 17.1 Å². The summed E-state index contributed by atoms with van der Waals surface area (Å²) in [6.45, 7) is 1.12. The molecule has 3 N–H and O–H groups in total. The number of nitrogens with two attached hydrogens (primary N) is 1. The van der Waals surface area contributed by atoms with E-state index in [-0.39, 0.29) is 34.6 Å². The first-order valence-electron chi connectivity index (χ1n) is 10.5. The molecule has 34 heavy (non-hydrogen) atoms. The maximum Gasteiger partial charge on any atom is 0.274 e. The van der Waals surface area contributed by atoms with Crippen LogP contribution in [0.15, 0.2) is 42.7 Å². The maximum atomic E-state index is 14.9. The minimum Gasteiger partial charge on any atom is -0.496 e. The van der Waals surface area contributed by atoms with E-state index in [0.717, 1.165) is 0 Å². The fourth-order valence-electron chi connectivity index (χ4n) is 4.12. The van der Waals surface area contributed by atoms with Crippen molar-refractivity contribution in [2.75, 3.05) is 30.4 Å². The van der Waals surface area contributed by atoms with Crippen molar-refractivity contribution in [3.05, 3.63) is 60.1 Å². The summed E-state index contributed by atoms with van der Waals surface area (Å²) in [5.41, 5.74) is 7.19. The van der Waals surface area contributed by atoms with Gasteiger partial charge in [-0.15, -0.1) is 0 Å². The lowest BCUT2D eigenvalue weighted by Gasteiger charge is -2.40. The average Bonchev–Trinajstić information content (AvgIpc) is 3.19. The second kappa shape index (κ2) is 8.34. The van der Waals surface area contributed by atoms with Crippen LogP contribution in [0.4, 0.5) is 20.2 Å². The SMILES string of the molecule is COc1cccc(F)c1-c1nccc(C(=O)Nc2cc(F)c3c(cnn3C)c2N2CC(N)C2)n1. The number of anilines is 2. The predicted octanol–water partition coefficient (Wildman–Crippen LogP) is 2.72. The largest absolute Gasteiger partial charge is 0.496 e. The highest BCUT2D eigenvalue weighted by atomic mass is 19.1. The third kappa shape index (κ3) is 3.59. The highest BCUT2D eigenvalue weighted by Crippen LogP contribution is 2.38. The number of amides is 1. The number of nitrogens with zero attached hydrogens (tertiary/aromatic N) is 5. The Hall–Kier alpha value is -4.12. The normalized spacial score (nSPS) is 13.7. The van der Waals surface area contributed by atoms with Gasteiger partial charge in [0.15, 0.2) is 11.6 Å². The fraction of sp³-hybridized carbons (Fsp3) is 0.217. The number of carbonyl (C=O) groups is 1. The number of hydrogen-bond donors (Lipinski definition) is 2. The Morgan fingerprint density at radius 3 is 2.76 bits per heavy atom. The molecule has 0 saturated carbocycles. The predicted molar refractivity (Wildman–Crippen MR) is 123 cm³/mol. The summed E-state index contributed by atoms with van der Waals surface area (Å²) in [5.74, 6) is -1.49. The molecule has 0 spiro atoms. The van der Waals surface area contributed by atoms with Gasteiger partial charge in [0, 0.05) is 43.8 Å². The van der Waals surface area contributed by atoms with Crippen LogP contribution in [0.5, 0.6) is 5.75 Å². The summed E-state index contributed by atoms with van der Waals surface area (Å²) < 4.78 is 36.1. The van der Waals surface area contributed by atoms with Gasteiger partial charge in [0.25, 0.3) is 5.91 Å². The molecule has 1 aliphatic rings. The smallest absolute Gasteiger partial charge is 0.274 e. The number of rotatable bonds is 5. The van der Waals surface area contributed by atoms with E-state index in [1.807, 2.05) is 4.90 Å².